The molecule has 0 spiro atoms. The van der Waals surface area contributed by atoms with Gasteiger partial charge in [0.2, 0.25) is 17.6 Å². The van der Waals surface area contributed by atoms with E-state index in [2.05, 4.69) is 74.0 Å². The lowest BCUT2D eigenvalue weighted by molar-refractivity contribution is -0.121. The monoisotopic (exact) mass is 578 g/mol. The quantitative estimate of drug-likeness (QED) is 0.230. The van der Waals surface area contributed by atoms with Gasteiger partial charge in [0.25, 0.3) is 0 Å². The maximum atomic E-state index is 13.1. The van der Waals surface area contributed by atoms with Crippen LogP contribution in [0.5, 0.6) is 0 Å². The lowest BCUT2D eigenvalue weighted by atomic mass is 9.86. The summed E-state index contributed by atoms with van der Waals surface area (Å²) in [6, 6.07) is 23.3. The first kappa shape index (κ1) is 30.4. The maximum absolute atomic E-state index is 13.1. The summed E-state index contributed by atoms with van der Waals surface area (Å²) >= 11 is 0. The van der Waals surface area contributed by atoms with Gasteiger partial charge in [-0.15, -0.1) is 0 Å². The molecular formula is C36H42N4O3. The standard InChI is InChI=1S/C36H42N4O3/c1-35(2,3)28-14-10-24(11-15-28)32(41)27-8-7-9-30(22-27)37-34(42)26-18-20-40(21-19-26)23-31-38-33(39-43-31)25-12-16-29(17-13-25)36(4,5)6/h7-17,22,26H,18-21,23H2,1-6H3,(H,37,42). The first-order chi connectivity index (χ1) is 20.4. The number of hydrogen-bond acceptors (Lipinski definition) is 6. The molecule has 1 aliphatic heterocycles. The molecule has 2 heterocycles. The normalized spacial score (nSPS) is 14.9. The zero-order valence-electron chi connectivity index (χ0n) is 26.1. The molecule has 5 rings (SSSR count). The summed E-state index contributed by atoms with van der Waals surface area (Å²) in [6.07, 6.45) is 1.47. The van der Waals surface area contributed by atoms with E-state index in [4.69, 9.17) is 4.52 Å². The van der Waals surface area contributed by atoms with Gasteiger partial charge in [-0.05, 0) is 60.0 Å². The number of nitrogens with one attached hydrogen (secondary N) is 1. The Hall–Kier alpha value is -4.10. The largest absolute Gasteiger partial charge is 0.338 e. The highest BCUT2D eigenvalue weighted by Crippen LogP contribution is 2.27. The highest BCUT2D eigenvalue weighted by atomic mass is 16.5. The number of amides is 1. The van der Waals surface area contributed by atoms with E-state index in [9.17, 15) is 9.59 Å². The maximum Gasteiger partial charge on any atom is 0.241 e. The number of benzene rings is 3. The molecule has 1 amide bonds. The van der Waals surface area contributed by atoms with Gasteiger partial charge in [0.1, 0.15) is 0 Å². The molecule has 1 aromatic heterocycles. The first-order valence-electron chi connectivity index (χ1n) is 15.1. The van der Waals surface area contributed by atoms with Crippen molar-refractivity contribution >= 4 is 17.4 Å². The predicted octanol–water partition coefficient (Wildman–Crippen LogP) is 7.41. The number of carbonyl (C=O) groups excluding carboxylic acids is 2. The van der Waals surface area contributed by atoms with Crippen LogP contribution in [0.4, 0.5) is 5.69 Å². The van der Waals surface area contributed by atoms with Crippen molar-refractivity contribution in [2.75, 3.05) is 18.4 Å². The number of carbonyl (C=O) groups is 2. The Morgan fingerprint density at radius 1 is 0.837 bits per heavy atom. The summed E-state index contributed by atoms with van der Waals surface area (Å²) in [7, 11) is 0. The fourth-order valence-electron chi connectivity index (χ4n) is 5.37. The van der Waals surface area contributed by atoms with Crippen LogP contribution in [-0.4, -0.2) is 39.8 Å². The zero-order valence-corrected chi connectivity index (χ0v) is 26.1. The molecule has 7 nitrogen and oxygen atoms in total. The van der Waals surface area contributed by atoms with E-state index in [0.717, 1.165) is 31.5 Å². The summed E-state index contributed by atoms with van der Waals surface area (Å²) in [5.41, 5.74) is 5.32. The molecule has 43 heavy (non-hydrogen) atoms. The van der Waals surface area contributed by atoms with E-state index in [1.165, 1.54) is 11.1 Å². The van der Waals surface area contributed by atoms with Crippen molar-refractivity contribution in [3.63, 3.8) is 0 Å². The Labute approximate surface area is 254 Å². The summed E-state index contributed by atoms with van der Waals surface area (Å²) in [5.74, 6) is 0.994. The average Bonchev–Trinajstić information content (AvgIpc) is 3.45. The SMILES string of the molecule is CC(C)(C)c1ccc(C(=O)c2cccc(NC(=O)C3CCN(Cc4nc(-c5ccc(C(C)(C)C)cc5)no4)CC3)c2)cc1. The third kappa shape index (κ3) is 7.46. The highest BCUT2D eigenvalue weighted by Gasteiger charge is 2.26. The molecule has 224 valence electrons. The van der Waals surface area contributed by atoms with Gasteiger partial charge < -0.3 is 9.84 Å². The van der Waals surface area contributed by atoms with Crippen LogP contribution in [0.3, 0.4) is 0 Å². The molecule has 0 aliphatic carbocycles. The van der Waals surface area contributed by atoms with Crippen LogP contribution in [0.2, 0.25) is 0 Å². The fourth-order valence-corrected chi connectivity index (χ4v) is 5.37. The van der Waals surface area contributed by atoms with E-state index in [-0.39, 0.29) is 28.4 Å². The third-order valence-corrected chi connectivity index (χ3v) is 8.20. The van der Waals surface area contributed by atoms with Crippen LogP contribution in [0, 0.1) is 5.92 Å². The lowest BCUT2D eigenvalue weighted by Crippen LogP contribution is -2.37. The van der Waals surface area contributed by atoms with E-state index >= 15 is 0 Å². The van der Waals surface area contributed by atoms with Gasteiger partial charge in [0.05, 0.1) is 6.54 Å². The van der Waals surface area contributed by atoms with Gasteiger partial charge in [0, 0.05) is 28.3 Å². The molecular weight excluding hydrogens is 536 g/mol. The molecule has 7 heteroatoms. The molecule has 1 N–H and O–H groups in total. The van der Waals surface area contributed by atoms with Crippen molar-refractivity contribution in [3.05, 3.63) is 101 Å². The number of likely N-dealkylation sites (tertiary alicyclic amines) is 1. The van der Waals surface area contributed by atoms with E-state index in [1.54, 1.807) is 12.1 Å². The molecule has 1 fully saturated rings. The minimum atomic E-state index is -0.0971. The molecule has 0 saturated carbocycles. The first-order valence-corrected chi connectivity index (χ1v) is 15.1. The van der Waals surface area contributed by atoms with E-state index in [0.29, 0.717) is 35.1 Å². The number of piperidine rings is 1. The lowest BCUT2D eigenvalue weighted by Gasteiger charge is -2.30. The van der Waals surface area contributed by atoms with Crippen LogP contribution >= 0.6 is 0 Å². The summed E-state index contributed by atoms with van der Waals surface area (Å²) in [4.78, 5) is 33.1. The molecule has 0 bridgehead atoms. The number of rotatable bonds is 7. The van der Waals surface area contributed by atoms with Crippen molar-refractivity contribution in [3.8, 4) is 11.4 Å². The minimum absolute atomic E-state index is 0.0161. The van der Waals surface area contributed by atoms with Crippen LogP contribution in [0.15, 0.2) is 77.3 Å². The Kier molecular flexibility index (Phi) is 8.65. The number of aromatic nitrogens is 2. The van der Waals surface area contributed by atoms with E-state index in [1.807, 2.05) is 48.5 Å². The van der Waals surface area contributed by atoms with Gasteiger partial charge in [0.15, 0.2) is 5.78 Å². The van der Waals surface area contributed by atoms with Crippen molar-refractivity contribution in [1.29, 1.82) is 0 Å². The second-order valence-electron chi connectivity index (χ2n) is 13.6. The Morgan fingerprint density at radius 2 is 1.44 bits per heavy atom. The summed E-state index contributed by atoms with van der Waals surface area (Å²) < 4.78 is 5.55. The number of ketones is 1. The molecule has 0 unspecified atom stereocenters. The molecule has 3 aromatic carbocycles. The van der Waals surface area contributed by atoms with Gasteiger partial charge in [-0.2, -0.15) is 4.98 Å². The molecule has 0 radical (unpaired) electrons. The van der Waals surface area contributed by atoms with E-state index < -0.39 is 0 Å². The number of anilines is 1. The Morgan fingerprint density at radius 3 is 2.05 bits per heavy atom. The summed E-state index contributed by atoms with van der Waals surface area (Å²) in [6.45, 7) is 15.1. The second kappa shape index (κ2) is 12.3. The third-order valence-electron chi connectivity index (χ3n) is 8.20. The molecule has 4 aromatic rings. The van der Waals surface area contributed by atoms with Gasteiger partial charge in [-0.25, -0.2) is 0 Å². The highest BCUT2D eigenvalue weighted by molar-refractivity contribution is 6.09. The Balaban J connectivity index is 1.13. The molecule has 1 saturated heterocycles. The van der Waals surface area contributed by atoms with Crippen LogP contribution in [0.1, 0.15) is 87.3 Å². The van der Waals surface area contributed by atoms with Gasteiger partial charge in [-0.3, -0.25) is 14.5 Å². The average molecular weight is 579 g/mol. The van der Waals surface area contributed by atoms with Crippen molar-refractivity contribution in [1.82, 2.24) is 15.0 Å². The molecule has 0 atom stereocenters. The number of hydrogen-bond donors (Lipinski definition) is 1. The second-order valence-corrected chi connectivity index (χ2v) is 13.6. The van der Waals surface area contributed by atoms with Crippen molar-refractivity contribution in [2.45, 2.75) is 71.8 Å². The zero-order chi connectivity index (χ0) is 30.8. The predicted molar refractivity (Wildman–Crippen MR) is 170 cm³/mol. The smallest absolute Gasteiger partial charge is 0.241 e. The summed E-state index contributed by atoms with van der Waals surface area (Å²) in [5, 5.41) is 7.22. The van der Waals surface area contributed by atoms with Gasteiger partial charge in [-0.1, -0.05) is 107 Å². The Bertz CT molecular complexity index is 1570. The molecule has 1 aliphatic rings. The fraction of sp³-hybridized carbons (Fsp3) is 0.389. The number of nitrogens with zero attached hydrogens (tertiary/aromatic N) is 3. The van der Waals surface area contributed by atoms with Crippen molar-refractivity contribution in [2.24, 2.45) is 5.92 Å². The van der Waals surface area contributed by atoms with Crippen LogP contribution in [0.25, 0.3) is 11.4 Å². The van der Waals surface area contributed by atoms with Crippen molar-refractivity contribution < 1.29 is 14.1 Å². The van der Waals surface area contributed by atoms with Gasteiger partial charge >= 0.3 is 0 Å². The van der Waals surface area contributed by atoms with Crippen LogP contribution < -0.4 is 5.32 Å². The minimum Gasteiger partial charge on any atom is -0.338 e. The topological polar surface area (TPSA) is 88.3 Å². The van der Waals surface area contributed by atoms with Crippen LogP contribution in [-0.2, 0) is 22.2 Å².